The number of hydrogen-bond acceptors (Lipinski definition) is 4. The molecule has 0 bridgehead atoms. The van der Waals surface area contributed by atoms with Gasteiger partial charge in [0.2, 0.25) is 0 Å². The maximum atomic E-state index is 10.4. The largest absolute Gasteiger partial charge is 0.506 e. The molecule has 0 atom stereocenters. The monoisotopic (exact) mass is 275 g/mol. The van der Waals surface area contributed by atoms with Crippen LogP contribution in [0.3, 0.4) is 0 Å². The number of carboxylic acid groups (broad SMARTS) is 1. The van der Waals surface area contributed by atoms with E-state index in [1.54, 1.807) is 24.4 Å². The number of pyridine rings is 1. The second-order valence-electron chi connectivity index (χ2n) is 4.54. The van der Waals surface area contributed by atoms with Crippen molar-refractivity contribution < 1.29 is 19.7 Å². The van der Waals surface area contributed by atoms with Crippen LogP contribution < -0.4 is 4.74 Å². The zero-order valence-electron chi connectivity index (χ0n) is 11.1. The number of para-hydroxylation sites is 1. The lowest BCUT2D eigenvalue weighted by Crippen LogP contribution is -2.00. The maximum Gasteiger partial charge on any atom is 0.303 e. The highest BCUT2D eigenvalue weighted by Crippen LogP contribution is 2.29. The number of phenolic OH excluding ortho intramolecular Hbond substituents is 1. The Morgan fingerprint density at radius 2 is 2.05 bits per heavy atom. The Labute approximate surface area is 116 Å². The van der Waals surface area contributed by atoms with Crippen molar-refractivity contribution in [1.29, 1.82) is 0 Å². The number of carboxylic acids is 1. The molecular formula is C15H17NO4. The molecule has 1 aromatic heterocycles. The standard InChI is InChI=1S/C15H17NO4/c17-12-6-4-5-11-13(8-9-16-15(11)12)20-10-3-1-2-7-14(18)19/h4-6,8-9,17H,1-3,7,10H2,(H,18,19). The number of aromatic nitrogens is 1. The number of ether oxygens (including phenoxy) is 1. The van der Waals surface area contributed by atoms with Crippen molar-refractivity contribution in [2.24, 2.45) is 0 Å². The van der Waals surface area contributed by atoms with Gasteiger partial charge in [-0.25, -0.2) is 0 Å². The SMILES string of the molecule is O=C(O)CCCCCOc1ccnc2c(O)cccc12. The summed E-state index contributed by atoms with van der Waals surface area (Å²) in [4.78, 5) is 14.5. The molecule has 0 saturated carbocycles. The van der Waals surface area contributed by atoms with Gasteiger partial charge in [-0.2, -0.15) is 0 Å². The number of nitrogens with zero attached hydrogens (tertiary/aromatic N) is 1. The quantitative estimate of drug-likeness (QED) is 0.759. The van der Waals surface area contributed by atoms with Crippen molar-refractivity contribution in [2.75, 3.05) is 6.61 Å². The summed E-state index contributed by atoms with van der Waals surface area (Å²) in [6, 6.07) is 6.95. The first-order chi connectivity index (χ1) is 9.68. The summed E-state index contributed by atoms with van der Waals surface area (Å²) >= 11 is 0. The summed E-state index contributed by atoms with van der Waals surface area (Å²) in [5, 5.41) is 19.0. The molecule has 1 heterocycles. The molecule has 2 N–H and O–H groups in total. The van der Waals surface area contributed by atoms with E-state index < -0.39 is 5.97 Å². The van der Waals surface area contributed by atoms with Gasteiger partial charge in [-0.15, -0.1) is 0 Å². The Morgan fingerprint density at radius 1 is 1.20 bits per heavy atom. The van der Waals surface area contributed by atoms with Crippen molar-refractivity contribution in [3.8, 4) is 11.5 Å². The van der Waals surface area contributed by atoms with Crippen LogP contribution in [0.1, 0.15) is 25.7 Å². The summed E-state index contributed by atoms with van der Waals surface area (Å²) < 4.78 is 5.68. The minimum atomic E-state index is -0.762. The molecule has 0 saturated heterocycles. The fourth-order valence-electron chi connectivity index (χ4n) is 2.00. The van der Waals surface area contributed by atoms with Gasteiger partial charge in [0.25, 0.3) is 0 Å². The van der Waals surface area contributed by atoms with Crippen LogP contribution in [0.2, 0.25) is 0 Å². The Morgan fingerprint density at radius 3 is 2.85 bits per heavy atom. The number of aliphatic carboxylic acids is 1. The second-order valence-corrected chi connectivity index (χ2v) is 4.54. The van der Waals surface area contributed by atoms with Gasteiger partial charge in [-0.1, -0.05) is 6.07 Å². The van der Waals surface area contributed by atoms with Crippen LogP contribution in [0.25, 0.3) is 10.9 Å². The van der Waals surface area contributed by atoms with E-state index in [-0.39, 0.29) is 12.2 Å². The number of unbranched alkanes of at least 4 members (excludes halogenated alkanes) is 2. The first-order valence-corrected chi connectivity index (χ1v) is 6.60. The smallest absolute Gasteiger partial charge is 0.303 e. The normalized spacial score (nSPS) is 10.6. The predicted molar refractivity (Wildman–Crippen MR) is 75.0 cm³/mol. The first-order valence-electron chi connectivity index (χ1n) is 6.60. The van der Waals surface area contributed by atoms with E-state index in [4.69, 9.17) is 9.84 Å². The molecule has 20 heavy (non-hydrogen) atoms. The lowest BCUT2D eigenvalue weighted by Gasteiger charge is -2.09. The van der Waals surface area contributed by atoms with Crippen LogP contribution in [-0.4, -0.2) is 27.8 Å². The van der Waals surface area contributed by atoms with E-state index in [1.807, 2.05) is 6.07 Å². The summed E-state index contributed by atoms with van der Waals surface area (Å²) in [6.07, 6.45) is 4.08. The van der Waals surface area contributed by atoms with Crippen molar-refractivity contribution in [3.63, 3.8) is 0 Å². The Hall–Kier alpha value is -2.30. The van der Waals surface area contributed by atoms with E-state index in [0.717, 1.165) is 18.2 Å². The first kappa shape index (κ1) is 14.1. The molecule has 0 aliphatic rings. The summed E-state index contributed by atoms with van der Waals surface area (Å²) in [5.41, 5.74) is 0.524. The van der Waals surface area contributed by atoms with E-state index in [1.165, 1.54) is 0 Å². The molecule has 0 spiro atoms. The third kappa shape index (κ3) is 3.60. The fraction of sp³-hybridized carbons (Fsp3) is 0.333. The second kappa shape index (κ2) is 6.75. The zero-order valence-corrected chi connectivity index (χ0v) is 11.1. The number of benzene rings is 1. The van der Waals surface area contributed by atoms with Crippen LogP contribution in [-0.2, 0) is 4.79 Å². The molecule has 0 radical (unpaired) electrons. The molecule has 0 unspecified atom stereocenters. The van der Waals surface area contributed by atoms with E-state index in [2.05, 4.69) is 4.98 Å². The van der Waals surface area contributed by atoms with Crippen molar-refractivity contribution >= 4 is 16.9 Å². The highest BCUT2D eigenvalue weighted by Gasteiger charge is 2.06. The fourth-order valence-corrected chi connectivity index (χ4v) is 2.00. The number of aromatic hydroxyl groups is 1. The van der Waals surface area contributed by atoms with Gasteiger partial charge in [0.05, 0.1) is 6.61 Å². The summed E-state index contributed by atoms with van der Waals surface area (Å²) in [7, 11) is 0. The van der Waals surface area contributed by atoms with Gasteiger partial charge >= 0.3 is 5.97 Å². The molecule has 5 heteroatoms. The molecular weight excluding hydrogens is 258 g/mol. The van der Waals surface area contributed by atoms with E-state index in [9.17, 15) is 9.90 Å². The number of fused-ring (bicyclic) bond motifs is 1. The molecule has 2 rings (SSSR count). The van der Waals surface area contributed by atoms with Crippen molar-refractivity contribution in [3.05, 3.63) is 30.5 Å². The van der Waals surface area contributed by atoms with Gasteiger partial charge in [0.1, 0.15) is 17.0 Å². The minimum Gasteiger partial charge on any atom is -0.506 e. The van der Waals surface area contributed by atoms with E-state index in [0.29, 0.717) is 24.3 Å². The Kier molecular flexibility index (Phi) is 4.76. The molecule has 106 valence electrons. The highest BCUT2D eigenvalue weighted by molar-refractivity contribution is 5.89. The summed E-state index contributed by atoms with van der Waals surface area (Å²) in [6.45, 7) is 0.522. The van der Waals surface area contributed by atoms with Crippen LogP contribution >= 0.6 is 0 Å². The molecule has 0 aliphatic heterocycles. The van der Waals surface area contributed by atoms with Gasteiger partial charge in [0, 0.05) is 18.0 Å². The average Bonchev–Trinajstić information content (AvgIpc) is 2.43. The molecule has 2 aromatic rings. The Bertz CT molecular complexity index is 597. The maximum absolute atomic E-state index is 10.4. The minimum absolute atomic E-state index is 0.134. The van der Waals surface area contributed by atoms with E-state index >= 15 is 0 Å². The highest BCUT2D eigenvalue weighted by atomic mass is 16.5. The molecule has 0 amide bonds. The number of rotatable bonds is 7. The molecule has 0 fully saturated rings. The third-order valence-corrected chi connectivity index (χ3v) is 3.00. The average molecular weight is 275 g/mol. The number of hydrogen-bond donors (Lipinski definition) is 2. The van der Waals surface area contributed by atoms with Crippen LogP contribution in [0.15, 0.2) is 30.5 Å². The van der Waals surface area contributed by atoms with Crippen LogP contribution in [0.4, 0.5) is 0 Å². The molecule has 5 nitrogen and oxygen atoms in total. The van der Waals surface area contributed by atoms with Gasteiger partial charge < -0.3 is 14.9 Å². The van der Waals surface area contributed by atoms with Crippen LogP contribution in [0, 0.1) is 0 Å². The molecule has 0 aliphatic carbocycles. The lowest BCUT2D eigenvalue weighted by molar-refractivity contribution is -0.137. The number of carbonyl (C=O) groups is 1. The predicted octanol–water partition coefficient (Wildman–Crippen LogP) is 2.96. The van der Waals surface area contributed by atoms with Gasteiger partial charge in [0.15, 0.2) is 0 Å². The zero-order chi connectivity index (χ0) is 14.4. The van der Waals surface area contributed by atoms with Gasteiger partial charge in [-0.3, -0.25) is 9.78 Å². The third-order valence-electron chi connectivity index (χ3n) is 3.00. The van der Waals surface area contributed by atoms with Crippen molar-refractivity contribution in [1.82, 2.24) is 4.98 Å². The lowest BCUT2D eigenvalue weighted by atomic mass is 10.2. The van der Waals surface area contributed by atoms with Gasteiger partial charge in [-0.05, 0) is 37.5 Å². The number of phenols is 1. The topological polar surface area (TPSA) is 79.7 Å². The Balaban J connectivity index is 1.90. The molecule has 1 aromatic carbocycles. The summed E-state index contributed by atoms with van der Waals surface area (Å²) in [5.74, 6) is 0.0556. The van der Waals surface area contributed by atoms with Crippen molar-refractivity contribution in [2.45, 2.75) is 25.7 Å². The van der Waals surface area contributed by atoms with Crippen LogP contribution in [0.5, 0.6) is 11.5 Å².